The number of piperidine rings is 1. The highest BCUT2D eigenvalue weighted by Crippen LogP contribution is 2.59. The number of ether oxygens (including phenoxy) is 2. The zero-order valence-corrected chi connectivity index (χ0v) is 25.2. The van der Waals surface area contributed by atoms with E-state index in [-0.39, 0.29) is 0 Å². The number of carbonyl (C=O) groups is 2. The summed E-state index contributed by atoms with van der Waals surface area (Å²) in [6.45, 7) is 1.34. The molecule has 2 bridgehead atoms. The Morgan fingerprint density at radius 3 is 2.31 bits per heavy atom. The maximum atomic E-state index is 14.1. The first-order valence-corrected chi connectivity index (χ1v) is 17.1. The average Bonchev–Trinajstić information content (AvgIpc) is 3.67. The van der Waals surface area contributed by atoms with Crippen molar-refractivity contribution in [3.8, 4) is 0 Å². The molecule has 5 aromatic carbocycles. The van der Waals surface area contributed by atoms with Crippen LogP contribution >= 0.6 is 0 Å². The van der Waals surface area contributed by atoms with E-state index >= 15 is 0 Å². The lowest BCUT2D eigenvalue weighted by Gasteiger charge is -2.39. The number of hydrogen-bond acceptors (Lipinski definition) is 8. The molecule has 2 aliphatic heterocycles. The van der Waals surface area contributed by atoms with Gasteiger partial charge in [0.25, 0.3) is 10.1 Å². The molecular formula is C36H31NO7S. The third-order valence-corrected chi connectivity index (χ3v) is 12.6. The van der Waals surface area contributed by atoms with Crippen molar-refractivity contribution in [2.45, 2.75) is 42.3 Å². The largest absolute Gasteiger partial charge is 0.456 e. The number of hydrogen-bond donors (Lipinski definition) is 1. The molecule has 8 nitrogen and oxygen atoms in total. The molecule has 0 spiro atoms. The van der Waals surface area contributed by atoms with Gasteiger partial charge >= 0.3 is 11.9 Å². The van der Waals surface area contributed by atoms with E-state index in [2.05, 4.69) is 17.4 Å². The van der Waals surface area contributed by atoms with Crippen LogP contribution in [-0.4, -0.2) is 50.9 Å². The molecule has 2 heterocycles. The average molecular weight is 622 g/mol. The fraction of sp³-hybridized carbons (Fsp3) is 0.333. The first-order valence-electron chi connectivity index (χ1n) is 15.6. The number of fused-ring (bicyclic) bond motifs is 1. The second-order valence-electron chi connectivity index (χ2n) is 13.0. The van der Waals surface area contributed by atoms with E-state index in [1.807, 2.05) is 72.8 Å². The zero-order chi connectivity index (χ0) is 30.5. The van der Waals surface area contributed by atoms with Crippen LogP contribution in [0.5, 0.6) is 0 Å². The highest BCUT2D eigenvalue weighted by atomic mass is 32.2. The summed E-state index contributed by atoms with van der Waals surface area (Å²) in [5.74, 6) is -3.06. The van der Waals surface area contributed by atoms with Gasteiger partial charge in [-0.3, -0.25) is 8.98 Å². The molecule has 1 N–H and O–H groups in total. The third-order valence-electron chi connectivity index (χ3n) is 10.8. The second kappa shape index (κ2) is 9.72. The first kappa shape index (κ1) is 27.3. The summed E-state index contributed by atoms with van der Waals surface area (Å²) in [7, 11) is -4.06. The van der Waals surface area contributed by atoms with Gasteiger partial charge in [0.15, 0.2) is 0 Å². The summed E-state index contributed by atoms with van der Waals surface area (Å²) < 4.78 is 44.9. The van der Waals surface area contributed by atoms with Crippen molar-refractivity contribution < 1.29 is 31.7 Å². The standard InChI is InChI=1S/C36H31NO7S/c38-34(25-18-22-8-4-6-20-12-13-21-7-5-11-24(25)29(21)28(20)22)42-31-26-19-27-32(31)44-45(40,41)33(27)30(26)35(39)43-36(14-16-37-17-15-36)23-9-2-1-3-10-23/h1-13,18,26-27,30-33,37H,14-17,19H2. The summed E-state index contributed by atoms with van der Waals surface area (Å²) in [6.07, 6.45) is -0.125. The van der Waals surface area contributed by atoms with Gasteiger partial charge in [0.2, 0.25) is 0 Å². The lowest BCUT2D eigenvalue weighted by Crippen LogP contribution is -2.49. The van der Waals surface area contributed by atoms with Crippen molar-refractivity contribution in [2.75, 3.05) is 13.1 Å². The van der Waals surface area contributed by atoms with Gasteiger partial charge in [-0.15, -0.1) is 0 Å². The Morgan fingerprint density at radius 2 is 1.53 bits per heavy atom. The number of rotatable bonds is 5. The van der Waals surface area contributed by atoms with E-state index in [4.69, 9.17) is 13.7 Å². The molecule has 2 saturated carbocycles. The van der Waals surface area contributed by atoms with E-state index in [9.17, 15) is 18.0 Å². The lowest BCUT2D eigenvalue weighted by atomic mass is 9.82. The lowest BCUT2D eigenvalue weighted by molar-refractivity contribution is -0.173. The molecule has 9 rings (SSSR count). The molecule has 0 radical (unpaired) electrons. The molecule has 228 valence electrons. The number of carbonyl (C=O) groups excluding carboxylic acids is 2. The summed E-state index contributed by atoms with van der Waals surface area (Å²) >= 11 is 0. The number of esters is 2. The minimum atomic E-state index is -4.06. The van der Waals surface area contributed by atoms with Crippen LogP contribution in [0.1, 0.15) is 35.2 Å². The Morgan fingerprint density at radius 1 is 0.822 bits per heavy atom. The van der Waals surface area contributed by atoms with E-state index < -0.39 is 62.9 Å². The van der Waals surface area contributed by atoms with Gasteiger partial charge < -0.3 is 14.8 Å². The van der Waals surface area contributed by atoms with Gasteiger partial charge in [-0.2, -0.15) is 8.42 Å². The smallest absolute Gasteiger partial charge is 0.339 e. The predicted molar refractivity (Wildman–Crippen MR) is 168 cm³/mol. The van der Waals surface area contributed by atoms with Gasteiger partial charge in [0.05, 0.1) is 11.5 Å². The summed E-state index contributed by atoms with van der Waals surface area (Å²) in [5, 5.41) is 8.20. The monoisotopic (exact) mass is 621 g/mol. The molecule has 45 heavy (non-hydrogen) atoms. The second-order valence-corrected chi connectivity index (χ2v) is 14.7. The molecule has 6 unspecified atom stereocenters. The summed E-state index contributed by atoms with van der Waals surface area (Å²) in [6, 6.07) is 27.5. The predicted octanol–water partition coefficient (Wildman–Crippen LogP) is 5.29. The Hall–Kier alpha value is -4.05. The minimum Gasteiger partial charge on any atom is -0.456 e. The Bertz CT molecular complexity index is 2110. The molecule has 4 fully saturated rings. The molecule has 4 aliphatic rings. The van der Waals surface area contributed by atoms with Crippen LogP contribution in [0, 0.1) is 17.8 Å². The normalized spacial score (nSPS) is 29.4. The quantitative estimate of drug-likeness (QED) is 0.160. The van der Waals surface area contributed by atoms with Crippen LogP contribution in [0.15, 0.2) is 84.9 Å². The van der Waals surface area contributed by atoms with Crippen LogP contribution in [0.25, 0.3) is 32.3 Å². The molecular weight excluding hydrogens is 590 g/mol. The van der Waals surface area contributed by atoms with E-state index in [1.54, 1.807) is 0 Å². The maximum Gasteiger partial charge on any atom is 0.339 e. The highest BCUT2D eigenvalue weighted by molar-refractivity contribution is 7.87. The molecule has 0 aromatic heterocycles. The van der Waals surface area contributed by atoms with Crippen molar-refractivity contribution in [3.63, 3.8) is 0 Å². The SMILES string of the molecule is O=C(OC1C2CC3C1OS(=O)(=O)C3C2C(=O)OC1(c2ccccc2)CCNCC1)c1cc2cccc3ccc4cccc1c4c32. The van der Waals surface area contributed by atoms with Gasteiger partial charge in [-0.1, -0.05) is 78.9 Å². The van der Waals surface area contributed by atoms with Crippen LogP contribution in [0.3, 0.4) is 0 Å². The fourth-order valence-electron chi connectivity index (χ4n) is 8.85. The van der Waals surface area contributed by atoms with Crippen LogP contribution < -0.4 is 5.32 Å². The molecule has 2 aliphatic carbocycles. The van der Waals surface area contributed by atoms with Crippen molar-refractivity contribution in [1.29, 1.82) is 0 Å². The number of benzene rings is 5. The minimum absolute atomic E-state index is 0.406. The van der Waals surface area contributed by atoms with Crippen LogP contribution in [0.4, 0.5) is 0 Å². The van der Waals surface area contributed by atoms with Crippen molar-refractivity contribution in [3.05, 3.63) is 96.1 Å². The zero-order valence-electron chi connectivity index (χ0n) is 24.3. The maximum absolute atomic E-state index is 14.1. The molecule has 9 heteroatoms. The Kier molecular flexibility index (Phi) is 5.89. The molecule has 2 saturated heterocycles. The van der Waals surface area contributed by atoms with E-state index in [0.29, 0.717) is 37.9 Å². The molecule has 5 aromatic rings. The van der Waals surface area contributed by atoms with Gasteiger partial charge in [0.1, 0.15) is 23.1 Å². The van der Waals surface area contributed by atoms with Gasteiger partial charge in [0, 0.05) is 24.7 Å². The van der Waals surface area contributed by atoms with Crippen LogP contribution in [-0.2, 0) is 34.2 Å². The molecule has 6 atom stereocenters. The van der Waals surface area contributed by atoms with Crippen molar-refractivity contribution in [2.24, 2.45) is 17.8 Å². The van der Waals surface area contributed by atoms with Crippen molar-refractivity contribution >= 4 is 54.4 Å². The van der Waals surface area contributed by atoms with Gasteiger partial charge in [-0.25, -0.2) is 4.79 Å². The molecule has 0 amide bonds. The Labute approximate surface area is 260 Å². The topological polar surface area (TPSA) is 108 Å². The summed E-state index contributed by atoms with van der Waals surface area (Å²) in [4.78, 5) is 28.2. The van der Waals surface area contributed by atoms with E-state index in [0.717, 1.165) is 37.9 Å². The van der Waals surface area contributed by atoms with Gasteiger partial charge in [-0.05, 0) is 63.5 Å². The third kappa shape index (κ3) is 3.93. The summed E-state index contributed by atoms with van der Waals surface area (Å²) in [5.41, 5.74) is 0.437. The highest BCUT2D eigenvalue weighted by Gasteiger charge is 2.72. The first-order chi connectivity index (χ1) is 21.8. The number of nitrogens with one attached hydrogen (secondary N) is 1. The van der Waals surface area contributed by atoms with E-state index in [1.165, 1.54) is 0 Å². The Balaban J connectivity index is 1.07. The van der Waals surface area contributed by atoms with Crippen LogP contribution in [0.2, 0.25) is 0 Å². The fourth-order valence-corrected chi connectivity index (χ4v) is 10.9. The van der Waals surface area contributed by atoms with Crippen molar-refractivity contribution in [1.82, 2.24) is 5.32 Å².